The fourth-order valence-electron chi connectivity index (χ4n) is 4.32. The smallest absolute Gasteiger partial charge is 0.134 e. The van der Waals surface area contributed by atoms with Gasteiger partial charge in [-0.25, -0.2) is 0 Å². The first-order valence-corrected chi connectivity index (χ1v) is 9.78. The van der Waals surface area contributed by atoms with Gasteiger partial charge in [0.2, 0.25) is 0 Å². The summed E-state index contributed by atoms with van der Waals surface area (Å²) in [5, 5.41) is 12.1. The minimum Gasteiger partial charge on any atom is -0.508 e. The highest BCUT2D eigenvalue weighted by atomic mass is 16.3. The lowest BCUT2D eigenvalue weighted by molar-refractivity contribution is 0.227. The van der Waals surface area contributed by atoms with Crippen LogP contribution in [0.4, 0.5) is 0 Å². The molecule has 0 atom stereocenters. The first kappa shape index (κ1) is 16.5. The molecule has 27 heavy (non-hydrogen) atoms. The quantitative estimate of drug-likeness (QED) is 0.492. The molecule has 2 aromatic heterocycles. The van der Waals surface area contributed by atoms with Gasteiger partial charge in [-0.2, -0.15) is 0 Å². The molecule has 4 aromatic rings. The second-order valence-corrected chi connectivity index (χ2v) is 7.53. The zero-order valence-corrected chi connectivity index (χ0v) is 15.4. The molecule has 5 rings (SSSR count). The van der Waals surface area contributed by atoms with E-state index >= 15 is 0 Å². The van der Waals surface area contributed by atoms with Gasteiger partial charge in [-0.1, -0.05) is 18.2 Å². The Bertz CT molecular complexity index is 1090. The highest BCUT2D eigenvalue weighted by Gasteiger charge is 2.21. The Hall–Kier alpha value is -2.72. The monoisotopic (exact) mass is 360 g/mol. The molecule has 2 aromatic carbocycles. The number of unbranched alkanes of at least 4 members (excludes halogenated alkanes) is 1. The van der Waals surface area contributed by atoms with Gasteiger partial charge < -0.3 is 14.5 Å². The molecular weight excluding hydrogens is 336 g/mol. The molecule has 4 heteroatoms. The maximum atomic E-state index is 9.72. The Morgan fingerprint density at radius 2 is 2.00 bits per heavy atom. The molecule has 138 valence electrons. The average molecular weight is 360 g/mol. The minimum atomic E-state index is 0.332. The SMILES string of the molecule is Oc1ccc2[nH]cc(CCCCN3CCc4c(oc5ccccc45)C3)c2c1. The van der Waals surface area contributed by atoms with E-state index < -0.39 is 0 Å². The van der Waals surface area contributed by atoms with E-state index in [0.29, 0.717) is 5.75 Å². The molecule has 2 N–H and O–H groups in total. The van der Waals surface area contributed by atoms with Crippen molar-refractivity contribution in [1.82, 2.24) is 9.88 Å². The maximum Gasteiger partial charge on any atom is 0.134 e. The van der Waals surface area contributed by atoms with Gasteiger partial charge in [0.15, 0.2) is 0 Å². The van der Waals surface area contributed by atoms with Crippen molar-refractivity contribution in [3.05, 3.63) is 65.5 Å². The molecule has 0 spiro atoms. The number of aryl methyl sites for hydroxylation is 1. The van der Waals surface area contributed by atoms with Crippen LogP contribution in [-0.4, -0.2) is 28.1 Å². The summed E-state index contributed by atoms with van der Waals surface area (Å²) < 4.78 is 6.08. The fraction of sp³-hybridized carbons (Fsp3) is 0.304. The van der Waals surface area contributed by atoms with Crippen LogP contribution in [0, 0.1) is 0 Å². The number of H-pyrrole nitrogens is 1. The number of phenols is 1. The number of hydrogen-bond acceptors (Lipinski definition) is 3. The number of phenolic OH excluding ortho intramolecular Hbond substituents is 1. The Balaban J connectivity index is 1.18. The standard InChI is InChI=1S/C23H24N2O2/c26-17-8-9-21-20(13-17)16(14-24-21)5-3-4-11-25-12-10-19-18-6-1-2-7-22(18)27-23(19)15-25/h1-2,6-9,13-14,24,26H,3-5,10-12,15H2. The van der Waals surface area contributed by atoms with E-state index in [-0.39, 0.29) is 0 Å². The molecule has 0 unspecified atom stereocenters. The van der Waals surface area contributed by atoms with Crippen LogP contribution in [0.2, 0.25) is 0 Å². The van der Waals surface area contributed by atoms with E-state index in [1.165, 1.54) is 22.9 Å². The average Bonchev–Trinajstić information content (AvgIpc) is 3.25. The number of rotatable bonds is 5. The third kappa shape index (κ3) is 3.10. The van der Waals surface area contributed by atoms with E-state index in [9.17, 15) is 5.11 Å². The predicted octanol–water partition coefficient (Wildman–Crippen LogP) is 5.00. The lowest BCUT2D eigenvalue weighted by atomic mass is 10.0. The van der Waals surface area contributed by atoms with Crippen molar-refractivity contribution in [2.24, 2.45) is 0 Å². The fourth-order valence-corrected chi connectivity index (χ4v) is 4.32. The van der Waals surface area contributed by atoms with Crippen molar-refractivity contribution < 1.29 is 9.52 Å². The lowest BCUT2D eigenvalue weighted by Crippen LogP contribution is -2.30. The predicted molar refractivity (Wildman–Crippen MR) is 108 cm³/mol. The number of nitrogens with zero attached hydrogens (tertiary/aromatic N) is 1. The Morgan fingerprint density at radius 1 is 1.07 bits per heavy atom. The highest BCUT2D eigenvalue weighted by molar-refractivity contribution is 5.84. The third-order valence-electron chi connectivity index (χ3n) is 5.75. The van der Waals surface area contributed by atoms with Gasteiger partial charge >= 0.3 is 0 Å². The molecule has 3 heterocycles. The van der Waals surface area contributed by atoms with Crippen molar-refractivity contribution in [3.8, 4) is 5.75 Å². The van der Waals surface area contributed by atoms with Crippen molar-refractivity contribution in [1.29, 1.82) is 0 Å². The number of benzene rings is 2. The van der Waals surface area contributed by atoms with Gasteiger partial charge in [-0.3, -0.25) is 4.90 Å². The normalized spacial score (nSPS) is 14.8. The van der Waals surface area contributed by atoms with Gasteiger partial charge in [-0.05, 0) is 62.1 Å². The van der Waals surface area contributed by atoms with Crippen molar-refractivity contribution >= 4 is 21.9 Å². The number of aromatic hydroxyl groups is 1. The molecular formula is C23H24N2O2. The van der Waals surface area contributed by atoms with Crippen LogP contribution in [0.15, 0.2) is 53.1 Å². The van der Waals surface area contributed by atoms with Crippen LogP contribution >= 0.6 is 0 Å². The van der Waals surface area contributed by atoms with Crippen LogP contribution < -0.4 is 0 Å². The van der Waals surface area contributed by atoms with Crippen LogP contribution in [0.3, 0.4) is 0 Å². The number of furan rings is 1. The van der Waals surface area contributed by atoms with E-state index in [4.69, 9.17) is 4.42 Å². The molecule has 1 aliphatic heterocycles. The van der Waals surface area contributed by atoms with Crippen LogP contribution in [0.1, 0.15) is 29.7 Å². The number of aromatic nitrogens is 1. The summed E-state index contributed by atoms with van der Waals surface area (Å²) >= 11 is 0. The summed E-state index contributed by atoms with van der Waals surface area (Å²) in [6, 6.07) is 13.9. The molecule has 1 aliphatic rings. The molecule has 4 nitrogen and oxygen atoms in total. The van der Waals surface area contributed by atoms with Gasteiger partial charge in [-0.15, -0.1) is 0 Å². The second-order valence-electron chi connectivity index (χ2n) is 7.53. The molecule has 0 fully saturated rings. The number of nitrogens with one attached hydrogen (secondary N) is 1. The summed E-state index contributed by atoms with van der Waals surface area (Å²) in [6.45, 7) is 3.13. The summed E-state index contributed by atoms with van der Waals surface area (Å²) in [5.74, 6) is 1.48. The molecule has 0 amide bonds. The Kier molecular flexibility index (Phi) is 4.13. The summed E-state index contributed by atoms with van der Waals surface area (Å²) in [5.41, 5.74) is 4.81. The molecule has 0 saturated carbocycles. The van der Waals surface area contributed by atoms with E-state index in [1.807, 2.05) is 18.2 Å². The van der Waals surface area contributed by atoms with Crippen molar-refractivity contribution in [2.45, 2.75) is 32.2 Å². The molecule has 0 radical (unpaired) electrons. The van der Waals surface area contributed by atoms with Crippen LogP contribution in [-0.2, 0) is 19.4 Å². The van der Waals surface area contributed by atoms with Crippen molar-refractivity contribution in [2.75, 3.05) is 13.1 Å². The largest absolute Gasteiger partial charge is 0.508 e. The van der Waals surface area contributed by atoms with E-state index in [2.05, 4.69) is 34.3 Å². The zero-order valence-electron chi connectivity index (χ0n) is 15.4. The zero-order chi connectivity index (χ0) is 18.2. The first-order chi connectivity index (χ1) is 13.3. The topological polar surface area (TPSA) is 52.4 Å². The van der Waals surface area contributed by atoms with Gasteiger partial charge in [0.1, 0.15) is 17.1 Å². The van der Waals surface area contributed by atoms with E-state index in [1.54, 1.807) is 6.07 Å². The van der Waals surface area contributed by atoms with Crippen molar-refractivity contribution in [3.63, 3.8) is 0 Å². The van der Waals surface area contributed by atoms with Gasteiger partial charge in [0, 0.05) is 34.6 Å². The van der Waals surface area contributed by atoms with E-state index in [0.717, 1.165) is 61.1 Å². The number of fused-ring (bicyclic) bond motifs is 4. The summed E-state index contributed by atoms with van der Waals surface area (Å²) in [7, 11) is 0. The second kappa shape index (κ2) is 6.78. The van der Waals surface area contributed by atoms with Gasteiger partial charge in [0.25, 0.3) is 0 Å². The lowest BCUT2D eigenvalue weighted by Gasteiger charge is -2.25. The highest BCUT2D eigenvalue weighted by Crippen LogP contribution is 2.30. The summed E-state index contributed by atoms with van der Waals surface area (Å²) in [4.78, 5) is 5.80. The molecule has 0 bridgehead atoms. The van der Waals surface area contributed by atoms with Crippen LogP contribution in [0.25, 0.3) is 21.9 Å². The third-order valence-corrected chi connectivity index (χ3v) is 5.75. The Morgan fingerprint density at radius 3 is 2.96 bits per heavy atom. The maximum absolute atomic E-state index is 9.72. The summed E-state index contributed by atoms with van der Waals surface area (Å²) in [6.07, 6.45) is 6.50. The molecule has 0 saturated heterocycles. The number of hydrogen-bond donors (Lipinski definition) is 2. The first-order valence-electron chi connectivity index (χ1n) is 9.78. The minimum absolute atomic E-state index is 0.332. The Labute approximate surface area is 158 Å². The number of para-hydroxylation sites is 1. The van der Waals surface area contributed by atoms with Gasteiger partial charge in [0.05, 0.1) is 6.54 Å². The number of aromatic amines is 1. The molecule has 0 aliphatic carbocycles. The van der Waals surface area contributed by atoms with Crippen LogP contribution in [0.5, 0.6) is 5.75 Å².